The van der Waals surface area contributed by atoms with Gasteiger partial charge in [-0.3, -0.25) is 0 Å². The Bertz CT molecular complexity index is 760. The average molecular weight is 270 g/mol. The molecule has 0 saturated carbocycles. The number of hydrogen-bond acceptors (Lipinski definition) is 4. The summed E-state index contributed by atoms with van der Waals surface area (Å²) in [6.45, 7) is 4.11. The number of thiazole rings is 2. The Morgan fingerprint density at radius 1 is 0.722 bits per heavy atom. The van der Waals surface area contributed by atoms with Crippen molar-refractivity contribution in [1.82, 2.24) is 9.97 Å². The molecular weight excluding hydrogens is 260 g/mol. The van der Waals surface area contributed by atoms with Crippen LogP contribution in [0.1, 0.15) is 10.0 Å². The molecule has 4 aromatic rings. The van der Waals surface area contributed by atoms with Gasteiger partial charge in [-0.2, -0.15) is 0 Å². The Balaban J connectivity index is 2.17. The third-order valence-corrected chi connectivity index (χ3v) is 4.93. The van der Waals surface area contributed by atoms with Crippen LogP contribution in [0.4, 0.5) is 0 Å². The lowest BCUT2D eigenvalue weighted by Crippen LogP contribution is -1.75. The number of nitrogens with zero attached hydrogens (tertiary/aromatic N) is 2. The minimum absolute atomic E-state index is 1.10. The summed E-state index contributed by atoms with van der Waals surface area (Å²) in [6, 6.07) is 8.82. The molecule has 2 nitrogen and oxygen atoms in total. The molecule has 0 amide bonds. The van der Waals surface area contributed by atoms with Crippen LogP contribution in [0.5, 0.6) is 0 Å². The summed E-state index contributed by atoms with van der Waals surface area (Å²) in [4.78, 5) is 9.11. The summed E-state index contributed by atoms with van der Waals surface area (Å²) in [5, 5.41) is 4.75. The highest BCUT2D eigenvalue weighted by atomic mass is 32.1. The molecule has 2 heterocycles. The van der Waals surface area contributed by atoms with E-state index in [-0.39, 0.29) is 0 Å². The van der Waals surface area contributed by atoms with E-state index in [0.717, 1.165) is 21.0 Å². The topological polar surface area (TPSA) is 25.8 Å². The van der Waals surface area contributed by atoms with E-state index in [1.807, 2.05) is 0 Å². The molecule has 88 valence electrons. The molecule has 0 aliphatic heterocycles. The maximum Gasteiger partial charge on any atom is 0.0907 e. The molecule has 18 heavy (non-hydrogen) atoms. The molecule has 0 bridgehead atoms. The highest BCUT2D eigenvalue weighted by molar-refractivity contribution is 7.19. The highest BCUT2D eigenvalue weighted by Crippen LogP contribution is 2.31. The van der Waals surface area contributed by atoms with Crippen LogP contribution in [-0.4, -0.2) is 9.97 Å². The van der Waals surface area contributed by atoms with Crippen LogP contribution < -0.4 is 0 Å². The second-order valence-corrected chi connectivity index (χ2v) is 6.92. The standard InChI is InChI=1S/C14H10N2S2/c1-7-15-11-3-9-6-14-12(16-8(2)18-14)4-10(9)5-13(11)17-7/h3-6H,1-2H3. The third-order valence-electron chi connectivity index (χ3n) is 3.07. The maximum absolute atomic E-state index is 4.55. The van der Waals surface area contributed by atoms with Gasteiger partial charge in [0, 0.05) is 0 Å². The zero-order valence-electron chi connectivity index (χ0n) is 10.0. The number of rotatable bonds is 0. The zero-order chi connectivity index (χ0) is 12.3. The first-order chi connectivity index (χ1) is 8.69. The van der Waals surface area contributed by atoms with Gasteiger partial charge in [-0.25, -0.2) is 9.97 Å². The van der Waals surface area contributed by atoms with E-state index in [0.29, 0.717) is 0 Å². The van der Waals surface area contributed by atoms with Gasteiger partial charge in [-0.15, -0.1) is 22.7 Å². The minimum atomic E-state index is 1.10. The Kier molecular flexibility index (Phi) is 2.02. The molecule has 0 saturated heterocycles. The highest BCUT2D eigenvalue weighted by Gasteiger charge is 2.06. The summed E-state index contributed by atoms with van der Waals surface area (Å²) in [6.07, 6.45) is 0. The van der Waals surface area contributed by atoms with Crippen LogP contribution in [0.2, 0.25) is 0 Å². The third kappa shape index (κ3) is 1.46. The SMILES string of the molecule is Cc1nc2cc3cc4sc(C)nc4cc3cc2s1. The van der Waals surface area contributed by atoms with Gasteiger partial charge in [0.25, 0.3) is 0 Å². The van der Waals surface area contributed by atoms with Crippen LogP contribution in [0.3, 0.4) is 0 Å². The number of fused-ring (bicyclic) bond motifs is 3. The Morgan fingerprint density at radius 2 is 1.17 bits per heavy atom. The summed E-state index contributed by atoms with van der Waals surface area (Å²) < 4.78 is 2.51. The molecule has 0 aliphatic rings. The summed E-state index contributed by atoms with van der Waals surface area (Å²) in [5.74, 6) is 0. The first-order valence-corrected chi connectivity index (χ1v) is 7.40. The summed E-state index contributed by atoms with van der Waals surface area (Å²) in [5.41, 5.74) is 2.20. The molecule has 0 spiro atoms. The van der Waals surface area contributed by atoms with Gasteiger partial charge in [0.05, 0.1) is 30.4 Å². The van der Waals surface area contributed by atoms with Crippen molar-refractivity contribution >= 4 is 53.9 Å². The molecule has 0 N–H and O–H groups in total. The van der Waals surface area contributed by atoms with Crippen LogP contribution in [0.15, 0.2) is 24.3 Å². The molecule has 4 heteroatoms. The second-order valence-electron chi connectivity index (χ2n) is 4.45. The Hall–Kier alpha value is -1.52. The number of hydrogen-bond donors (Lipinski definition) is 0. The zero-order valence-corrected chi connectivity index (χ0v) is 11.7. The molecule has 0 unspecified atom stereocenters. The van der Waals surface area contributed by atoms with Gasteiger partial charge in [-0.05, 0) is 48.9 Å². The molecule has 2 aromatic carbocycles. The normalized spacial score (nSPS) is 11.9. The van der Waals surface area contributed by atoms with Crippen molar-refractivity contribution in [1.29, 1.82) is 0 Å². The van der Waals surface area contributed by atoms with E-state index in [1.165, 1.54) is 20.2 Å². The Morgan fingerprint density at radius 3 is 1.61 bits per heavy atom. The van der Waals surface area contributed by atoms with Crippen molar-refractivity contribution in [2.75, 3.05) is 0 Å². The summed E-state index contributed by atoms with van der Waals surface area (Å²) in [7, 11) is 0. The largest absolute Gasteiger partial charge is 0.241 e. The van der Waals surface area contributed by atoms with Crippen molar-refractivity contribution in [3.8, 4) is 0 Å². The molecule has 4 rings (SSSR count). The van der Waals surface area contributed by atoms with Crippen molar-refractivity contribution in [2.24, 2.45) is 0 Å². The lowest BCUT2D eigenvalue weighted by molar-refractivity contribution is 1.35. The van der Waals surface area contributed by atoms with Crippen LogP contribution >= 0.6 is 22.7 Å². The van der Waals surface area contributed by atoms with Gasteiger partial charge < -0.3 is 0 Å². The average Bonchev–Trinajstić information content (AvgIpc) is 2.82. The fourth-order valence-corrected chi connectivity index (χ4v) is 4.04. The van der Waals surface area contributed by atoms with Crippen LogP contribution in [-0.2, 0) is 0 Å². The molecule has 0 atom stereocenters. The minimum Gasteiger partial charge on any atom is -0.241 e. The van der Waals surface area contributed by atoms with Crippen molar-refractivity contribution in [2.45, 2.75) is 13.8 Å². The maximum atomic E-state index is 4.55. The van der Waals surface area contributed by atoms with Gasteiger partial charge in [0.2, 0.25) is 0 Å². The number of aromatic nitrogens is 2. The fourth-order valence-electron chi connectivity index (χ4n) is 2.33. The molecule has 0 aliphatic carbocycles. The van der Waals surface area contributed by atoms with Crippen molar-refractivity contribution in [3.63, 3.8) is 0 Å². The fraction of sp³-hybridized carbons (Fsp3) is 0.143. The van der Waals surface area contributed by atoms with E-state index in [2.05, 4.69) is 48.1 Å². The molecule has 2 aromatic heterocycles. The van der Waals surface area contributed by atoms with E-state index in [9.17, 15) is 0 Å². The lowest BCUT2D eigenvalue weighted by Gasteiger charge is -1.97. The summed E-state index contributed by atoms with van der Waals surface area (Å²) >= 11 is 3.50. The van der Waals surface area contributed by atoms with Gasteiger partial charge >= 0.3 is 0 Å². The van der Waals surface area contributed by atoms with E-state index >= 15 is 0 Å². The smallest absolute Gasteiger partial charge is 0.0907 e. The van der Waals surface area contributed by atoms with Gasteiger partial charge in [0.1, 0.15) is 0 Å². The van der Waals surface area contributed by atoms with Crippen molar-refractivity contribution < 1.29 is 0 Å². The molecule has 0 fully saturated rings. The first kappa shape index (κ1) is 10.4. The quantitative estimate of drug-likeness (QED) is 0.464. The second kappa shape index (κ2) is 3.49. The lowest BCUT2D eigenvalue weighted by atomic mass is 10.1. The number of benzene rings is 2. The van der Waals surface area contributed by atoms with E-state index in [4.69, 9.17) is 0 Å². The van der Waals surface area contributed by atoms with Crippen LogP contribution in [0.25, 0.3) is 31.2 Å². The molecule has 0 radical (unpaired) electrons. The van der Waals surface area contributed by atoms with E-state index in [1.54, 1.807) is 22.7 Å². The predicted molar refractivity (Wildman–Crippen MR) is 79.8 cm³/mol. The van der Waals surface area contributed by atoms with Crippen LogP contribution in [0, 0.1) is 13.8 Å². The van der Waals surface area contributed by atoms with Gasteiger partial charge in [0.15, 0.2) is 0 Å². The number of aryl methyl sites for hydroxylation is 2. The first-order valence-electron chi connectivity index (χ1n) is 5.77. The van der Waals surface area contributed by atoms with Gasteiger partial charge in [-0.1, -0.05) is 0 Å². The molecular formula is C14H10N2S2. The Labute approximate surface area is 112 Å². The van der Waals surface area contributed by atoms with Crippen molar-refractivity contribution in [3.05, 3.63) is 34.3 Å². The van der Waals surface area contributed by atoms with E-state index < -0.39 is 0 Å². The predicted octanol–water partition coefficient (Wildman–Crippen LogP) is 4.68. The monoisotopic (exact) mass is 270 g/mol.